The summed E-state index contributed by atoms with van der Waals surface area (Å²) in [4.78, 5) is 30.5. The molecule has 1 aromatic heterocycles. The van der Waals surface area contributed by atoms with Crippen LogP contribution in [-0.2, 0) is 4.79 Å². The predicted molar refractivity (Wildman–Crippen MR) is 114 cm³/mol. The van der Waals surface area contributed by atoms with Crippen LogP contribution < -0.4 is 5.56 Å². The van der Waals surface area contributed by atoms with E-state index in [0.29, 0.717) is 28.5 Å². The van der Waals surface area contributed by atoms with Crippen LogP contribution in [0.2, 0.25) is 0 Å². The van der Waals surface area contributed by atoms with Crippen LogP contribution in [0.4, 0.5) is 0 Å². The summed E-state index contributed by atoms with van der Waals surface area (Å²) in [6.45, 7) is 4.17. The summed E-state index contributed by atoms with van der Waals surface area (Å²) in [7, 11) is 0. The quantitative estimate of drug-likeness (QED) is 0.618. The molecule has 152 valence electrons. The van der Waals surface area contributed by atoms with Crippen molar-refractivity contribution in [1.29, 1.82) is 0 Å². The number of carboxylic acids is 1. The number of hydrogen-bond acceptors (Lipinski definition) is 4. The molecule has 2 aromatic rings. The number of nitrogens with zero attached hydrogens (tertiary/aromatic N) is 2. The summed E-state index contributed by atoms with van der Waals surface area (Å²) in [5, 5.41) is 10.9. The zero-order valence-corrected chi connectivity index (χ0v) is 17.6. The summed E-state index contributed by atoms with van der Waals surface area (Å²) in [5.41, 5.74) is 0.384. The molecule has 28 heavy (non-hydrogen) atoms. The number of thioether (sulfide) groups is 1. The second-order valence-corrected chi connectivity index (χ2v) is 9.19. The van der Waals surface area contributed by atoms with Gasteiger partial charge in [-0.05, 0) is 43.4 Å². The number of hydrogen-bond donors (Lipinski definition) is 1. The van der Waals surface area contributed by atoms with Crippen LogP contribution in [0.1, 0.15) is 71.3 Å². The molecule has 1 aliphatic rings. The Bertz CT molecular complexity index is 874. The highest BCUT2D eigenvalue weighted by Gasteiger charge is 2.25. The molecule has 0 saturated heterocycles. The maximum atomic E-state index is 13.0. The van der Waals surface area contributed by atoms with Gasteiger partial charge < -0.3 is 5.11 Å². The molecule has 6 heteroatoms. The molecule has 2 unspecified atom stereocenters. The van der Waals surface area contributed by atoms with Gasteiger partial charge in [0.2, 0.25) is 0 Å². The zero-order valence-electron chi connectivity index (χ0n) is 16.8. The van der Waals surface area contributed by atoms with Gasteiger partial charge in [0.25, 0.3) is 5.56 Å². The van der Waals surface area contributed by atoms with Crippen molar-refractivity contribution in [1.82, 2.24) is 9.55 Å². The van der Waals surface area contributed by atoms with Crippen LogP contribution in [0.5, 0.6) is 0 Å². The van der Waals surface area contributed by atoms with E-state index in [0.717, 1.165) is 24.2 Å². The summed E-state index contributed by atoms with van der Waals surface area (Å²) < 4.78 is 1.31. The first-order valence-electron chi connectivity index (χ1n) is 10.4. The minimum Gasteiger partial charge on any atom is -0.480 e. The summed E-state index contributed by atoms with van der Waals surface area (Å²) in [5.74, 6) is -0.676. The molecule has 3 rings (SSSR count). The molecule has 1 heterocycles. The van der Waals surface area contributed by atoms with Gasteiger partial charge in [0.05, 0.1) is 17.2 Å². The highest BCUT2D eigenvalue weighted by molar-refractivity contribution is 8.00. The lowest BCUT2D eigenvalue weighted by Gasteiger charge is -2.21. The third-order valence-electron chi connectivity index (χ3n) is 5.81. The van der Waals surface area contributed by atoms with E-state index in [4.69, 9.17) is 0 Å². The number of aromatic nitrogens is 2. The van der Waals surface area contributed by atoms with Gasteiger partial charge in [-0.15, -0.1) is 11.8 Å². The van der Waals surface area contributed by atoms with Gasteiger partial charge in [-0.25, -0.2) is 9.78 Å². The van der Waals surface area contributed by atoms with Crippen LogP contribution >= 0.6 is 11.8 Å². The van der Waals surface area contributed by atoms with Gasteiger partial charge in [0.1, 0.15) is 6.04 Å². The number of aliphatic carboxylic acids is 1. The lowest BCUT2D eigenvalue weighted by molar-refractivity contribution is -0.141. The molecule has 0 spiro atoms. The minimum atomic E-state index is -0.966. The smallest absolute Gasteiger partial charge is 0.326 e. The Morgan fingerprint density at radius 1 is 1.32 bits per heavy atom. The lowest BCUT2D eigenvalue weighted by atomic mass is 9.93. The van der Waals surface area contributed by atoms with E-state index in [1.54, 1.807) is 6.07 Å². The molecule has 1 aliphatic carbocycles. The molecule has 0 bridgehead atoms. The Morgan fingerprint density at radius 2 is 2.07 bits per heavy atom. The number of rotatable bonds is 9. The van der Waals surface area contributed by atoms with Gasteiger partial charge in [-0.2, -0.15) is 0 Å². The van der Waals surface area contributed by atoms with Crippen molar-refractivity contribution in [3.05, 3.63) is 34.9 Å². The molecule has 0 aliphatic heterocycles. The maximum Gasteiger partial charge on any atom is 0.326 e. The zero-order chi connectivity index (χ0) is 20.1. The number of carbonyl (C=O) groups is 1. The Labute approximate surface area is 170 Å². The number of fused-ring (bicyclic) bond motifs is 1. The van der Waals surface area contributed by atoms with E-state index in [-0.39, 0.29) is 5.56 Å². The largest absolute Gasteiger partial charge is 0.480 e. The van der Waals surface area contributed by atoms with E-state index in [2.05, 4.69) is 18.8 Å². The van der Waals surface area contributed by atoms with E-state index in [1.165, 1.54) is 36.6 Å². The average Bonchev–Trinajstić information content (AvgIpc) is 3.18. The Hall–Kier alpha value is -1.82. The highest BCUT2D eigenvalue weighted by Crippen LogP contribution is 2.35. The fourth-order valence-electron chi connectivity index (χ4n) is 4.16. The monoisotopic (exact) mass is 402 g/mol. The maximum absolute atomic E-state index is 13.0. The normalized spacial score (nSPS) is 17.1. The SMILES string of the molecule is CCCC(CC)CC(C(=O)O)n1cnc2cc(SC3CCCC3)ccc2c1=O. The first-order valence-corrected chi connectivity index (χ1v) is 11.3. The van der Waals surface area contributed by atoms with Crippen molar-refractivity contribution in [3.63, 3.8) is 0 Å². The average molecular weight is 403 g/mol. The lowest BCUT2D eigenvalue weighted by Crippen LogP contribution is -2.31. The van der Waals surface area contributed by atoms with Crippen molar-refractivity contribution >= 4 is 28.6 Å². The van der Waals surface area contributed by atoms with Crippen LogP contribution in [0.15, 0.2) is 34.2 Å². The Morgan fingerprint density at radius 3 is 2.71 bits per heavy atom. The highest BCUT2D eigenvalue weighted by atomic mass is 32.2. The Kier molecular flexibility index (Phi) is 7.16. The minimum absolute atomic E-state index is 0.263. The fraction of sp³-hybridized carbons (Fsp3) is 0.591. The third-order valence-corrected chi connectivity index (χ3v) is 7.14. The van der Waals surface area contributed by atoms with Gasteiger partial charge in [0.15, 0.2) is 0 Å². The van der Waals surface area contributed by atoms with Crippen molar-refractivity contribution in [3.8, 4) is 0 Å². The molecular formula is C22H30N2O3S. The van der Waals surface area contributed by atoms with Gasteiger partial charge in [0, 0.05) is 10.1 Å². The standard InChI is InChI=1S/C22H30N2O3S/c1-3-7-15(4-2)12-20(22(26)27)24-14-23-19-13-17(10-11-18(19)21(24)25)28-16-8-5-6-9-16/h10-11,13-16,20H,3-9,12H2,1-2H3,(H,26,27). The van der Waals surface area contributed by atoms with Gasteiger partial charge >= 0.3 is 5.97 Å². The van der Waals surface area contributed by atoms with Crippen LogP contribution in [0.25, 0.3) is 10.9 Å². The number of benzene rings is 1. The first-order chi connectivity index (χ1) is 13.5. The summed E-state index contributed by atoms with van der Waals surface area (Å²) >= 11 is 1.86. The topological polar surface area (TPSA) is 72.2 Å². The van der Waals surface area contributed by atoms with E-state index in [1.807, 2.05) is 23.9 Å². The van der Waals surface area contributed by atoms with Gasteiger partial charge in [-0.3, -0.25) is 9.36 Å². The van der Waals surface area contributed by atoms with Crippen molar-refractivity contribution < 1.29 is 9.90 Å². The van der Waals surface area contributed by atoms with Crippen molar-refractivity contribution in [2.45, 2.75) is 81.4 Å². The van der Waals surface area contributed by atoms with Crippen LogP contribution in [0, 0.1) is 5.92 Å². The molecule has 1 aromatic carbocycles. The second kappa shape index (κ2) is 9.59. The second-order valence-electron chi connectivity index (χ2n) is 7.81. The van der Waals surface area contributed by atoms with Crippen molar-refractivity contribution in [2.24, 2.45) is 5.92 Å². The van der Waals surface area contributed by atoms with Crippen LogP contribution in [0.3, 0.4) is 0 Å². The predicted octanol–water partition coefficient (Wildman–Crippen LogP) is 5.27. The first kappa shape index (κ1) is 20.9. The van der Waals surface area contributed by atoms with E-state index >= 15 is 0 Å². The van der Waals surface area contributed by atoms with Gasteiger partial charge in [-0.1, -0.05) is 46.0 Å². The third kappa shape index (κ3) is 4.77. The molecule has 5 nitrogen and oxygen atoms in total. The fourth-order valence-corrected chi connectivity index (χ4v) is 5.44. The van der Waals surface area contributed by atoms with E-state index < -0.39 is 12.0 Å². The Balaban J connectivity index is 1.89. The van der Waals surface area contributed by atoms with Crippen molar-refractivity contribution in [2.75, 3.05) is 0 Å². The number of carboxylic acid groups (broad SMARTS) is 1. The van der Waals surface area contributed by atoms with E-state index in [9.17, 15) is 14.7 Å². The molecule has 2 atom stereocenters. The summed E-state index contributed by atoms with van der Waals surface area (Å²) in [6.07, 6.45) is 9.85. The molecule has 1 fully saturated rings. The molecule has 1 N–H and O–H groups in total. The molecule has 1 saturated carbocycles. The molecular weight excluding hydrogens is 372 g/mol. The molecule has 0 amide bonds. The molecule has 0 radical (unpaired) electrons. The van der Waals surface area contributed by atoms with Crippen LogP contribution in [-0.4, -0.2) is 25.9 Å². The summed E-state index contributed by atoms with van der Waals surface area (Å²) in [6, 6.07) is 4.88.